The molecule has 0 atom stereocenters. The van der Waals surface area contributed by atoms with Crippen LogP contribution in [0.15, 0.2) is 84.0 Å². The van der Waals surface area contributed by atoms with E-state index in [0.29, 0.717) is 23.0 Å². The third kappa shape index (κ3) is 4.20. The lowest BCUT2D eigenvalue weighted by molar-refractivity contribution is 0.601. The number of nitrogens with zero attached hydrogens (tertiary/aromatic N) is 4. The Bertz CT molecular complexity index is 1520. The molecule has 0 aliphatic carbocycles. The molecule has 0 spiro atoms. The van der Waals surface area contributed by atoms with E-state index >= 15 is 0 Å². The Balaban J connectivity index is 0.00000245. The highest BCUT2D eigenvalue weighted by molar-refractivity contribution is 7.92. The van der Waals surface area contributed by atoms with Crippen molar-refractivity contribution in [1.29, 1.82) is 0 Å². The van der Waals surface area contributed by atoms with Gasteiger partial charge >= 0.3 is 0 Å². The van der Waals surface area contributed by atoms with Crippen LogP contribution in [0.2, 0.25) is 0 Å². The Hall–Kier alpha value is -3.69. The molecule has 0 saturated carbocycles. The lowest BCUT2D eigenvalue weighted by Crippen LogP contribution is -2.13. The van der Waals surface area contributed by atoms with Crippen LogP contribution in [-0.4, -0.2) is 28.0 Å². The van der Waals surface area contributed by atoms with Crippen LogP contribution in [-0.2, 0) is 10.0 Å². The van der Waals surface area contributed by atoms with E-state index in [-0.39, 0.29) is 17.3 Å². The van der Waals surface area contributed by atoms with Gasteiger partial charge in [0.25, 0.3) is 15.8 Å². The first kappa shape index (κ1) is 21.5. The summed E-state index contributed by atoms with van der Waals surface area (Å²) in [6.07, 6.45) is 1.43. The summed E-state index contributed by atoms with van der Waals surface area (Å²) < 4.78 is 29.9. The number of hydrogen-bond donors (Lipinski definition) is 2. The highest BCUT2D eigenvalue weighted by Gasteiger charge is 2.15. The van der Waals surface area contributed by atoms with E-state index in [9.17, 15) is 8.42 Å². The zero-order valence-electron chi connectivity index (χ0n) is 16.9. The second-order valence-corrected chi connectivity index (χ2v) is 8.75. The third-order valence-corrected chi connectivity index (χ3v) is 6.22. The number of halogens is 1. The molecular formula is C22H19ClN6O2S. The van der Waals surface area contributed by atoms with E-state index in [2.05, 4.69) is 25.1 Å². The van der Waals surface area contributed by atoms with Crippen molar-refractivity contribution in [1.82, 2.24) is 19.6 Å². The fourth-order valence-electron chi connectivity index (χ4n) is 3.35. The maximum absolute atomic E-state index is 12.8. The van der Waals surface area contributed by atoms with Crippen molar-refractivity contribution in [3.63, 3.8) is 0 Å². The maximum Gasteiger partial charge on any atom is 0.261 e. The molecular weight excluding hydrogens is 448 g/mol. The molecule has 2 aromatic heterocycles. The number of fused-ring (bicyclic) bond motifs is 2. The zero-order chi connectivity index (χ0) is 21.4. The van der Waals surface area contributed by atoms with Gasteiger partial charge in [0, 0.05) is 23.1 Å². The second-order valence-electron chi connectivity index (χ2n) is 7.07. The minimum Gasteiger partial charge on any atom is -0.340 e. The highest BCUT2D eigenvalue weighted by atomic mass is 35.5. The van der Waals surface area contributed by atoms with Gasteiger partial charge in [-0.15, -0.1) is 12.4 Å². The molecule has 10 heteroatoms. The highest BCUT2D eigenvalue weighted by Crippen LogP contribution is 2.24. The van der Waals surface area contributed by atoms with Crippen LogP contribution >= 0.6 is 12.4 Å². The quantitative estimate of drug-likeness (QED) is 0.394. The van der Waals surface area contributed by atoms with Gasteiger partial charge in [-0.2, -0.15) is 14.6 Å². The zero-order valence-corrected chi connectivity index (χ0v) is 18.6. The summed E-state index contributed by atoms with van der Waals surface area (Å²) >= 11 is 0. The second kappa shape index (κ2) is 8.45. The van der Waals surface area contributed by atoms with Crippen LogP contribution in [0.4, 0.5) is 17.2 Å². The fraction of sp³-hybridized carbons (Fsp3) is 0.0455. The van der Waals surface area contributed by atoms with Crippen molar-refractivity contribution in [3.8, 4) is 0 Å². The Morgan fingerprint density at radius 3 is 2.38 bits per heavy atom. The minimum absolute atomic E-state index is 0. The van der Waals surface area contributed by atoms with Crippen LogP contribution in [0.5, 0.6) is 0 Å². The first-order chi connectivity index (χ1) is 15.0. The monoisotopic (exact) mass is 466 g/mol. The summed E-state index contributed by atoms with van der Waals surface area (Å²) in [5, 5.41) is 9.40. The van der Waals surface area contributed by atoms with E-state index in [1.54, 1.807) is 34.8 Å². The summed E-state index contributed by atoms with van der Waals surface area (Å²) in [4.78, 5) is 8.57. The summed E-state index contributed by atoms with van der Waals surface area (Å²) in [5.74, 6) is 1.17. The lowest BCUT2D eigenvalue weighted by atomic mass is 10.1. The van der Waals surface area contributed by atoms with Gasteiger partial charge in [0.1, 0.15) is 12.1 Å². The van der Waals surface area contributed by atoms with Gasteiger partial charge in [-0.1, -0.05) is 30.3 Å². The number of anilines is 3. The fourth-order valence-corrected chi connectivity index (χ4v) is 4.40. The number of nitrogens with one attached hydrogen (secondary N) is 2. The number of hydrogen-bond acceptors (Lipinski definition) is 6. The molecule has 32 heavy (non-hydrogen) atoms. The van der Waals surface area contributed by atoms with Crippen molar-refractivity contribution >= 4 is 56.2 Å². The smallest absolute Gasteiger partial charge is 0.261 e. The van der Waals surface area contributed by atoms with E-state index in [1.807, 2.05) is 49.4 Å². The Morgan fingerprint density at radius 1 is 0.875 bits per heavy atom. The largest absolute Gasteiger partial charge is 0.340 e. The minimum atomic E-state index is -3.72. The van der Waals surface area contributed by atoms with Gasteiger partial charge in [0.15, 0.2) is 0 Å². The van der Waals surface area contributed by atoms with E-state index in [4.69, 9.17) is 0 Å². The van der Waals surface area contributed by atoms with Gasteiger partial charge in [-0.25, -0.2) is 13.4 Å². The van der Waals surface area contributed by atoms with Crippen molar-refractivity contribution in [2.45, 2.75) is 11.8 Å². The number of benzene rings is 3. The number of sulfonamides is 1. The van der Waals surface area contributed by atoms with E-state index in [0.717, 1.165) is 16.5 Å². The van der Waals surface area contributed by atoms with Gasteiger partial charge in [0.2, 0.25) is 0 Å². The van der Waals surface area contributed by atoms with Crippen LogP contribution in [0.25, 0.3) is 16.6 Å². The molecule has 0 amide bonds. The first-order valence-electron chi connectivity index (χ1n) is 9.54. The van der Waals surface area contributed by atoms with E-state index in [1.165, 1.54) is 6.33 Å². The van der Waals surface area contributed by atoms with Crippen molar-refractivity contribution in [2.24, 2.45) is 0 Å². The maximum atomic E-state index is 12.8. The molecule has 162 valence electrons. The standard InChI is InChI=1S/C22H18N6O2S.ClH/c1-15-12-21(28-22(25-15)23-14-24-28)26-18-8-10-20(11-9-18)31(29,30)27-19-7-6-16-4-2-3-5-17(16)13-19;/h2-14,26-27H,1H3;1H. The average Bonchev–Trinajstić information content (AvgIpc) is 3.22. The molecule has 2 N–H and O–H groups in total. The molecule has 0 unspecified atom stereocenters. The molecule has 0 saturated heterocycles. The molecule has 0 bridgehead atoms. The predicted octanol–water partition coefficient (Wildman–Crippen LogP) is 4.55. The number of aromatic nitrogens is 4. The lowest BCUT2D eigenvalue weighted by Gasteiger charge is -2.11. The number of rotatable bonds is 5. The molecule has 0 aliphatic heterocycles. The Labute approximate surface area is 190 Å². The SMILES string of the molecule is Cc1cc(Nc2ccc(S(=O)(=O)Nc3ccc4ccccc4c3)cc2)n2ncnc2n1.Cl. The van der Waals surface area contributed by atoms with Gasteiger partial charge in [0.05, 0.1) is 4.90 Å². The molecule has 0 fully saturated rings. The summed E-state index contributed by atoms with van der Waals surface area (Å²) in [7, 11) is -3.72. The number of aryl methyl sites for hydroxylation is 1. The molecule has 5 rings (SSSR count). The summed E-state index contributed by atoms with van der Waals surface area (Å²) in [5.41, 5.74) is 2.02. The normalized spacial score (nSPS) is 11.3. The third-order valence-electron chi connectivity index (χ3n) is 4.82. The van der Waals surface area contributed by atoms with Gasteiger partial charge in [-0.05, 0) is 54.1 Å². The van der Waals surface area contributed by atoms with Crippen LogP contribution in [0, 0.1) is 6.92 Å². The summed E-state index contributed by atoms with van der Waals surface area (Å²) in [6.45, 7) is 1.87. The predicted molar refractivity (Wildman–Crippen MR) is 127 cm³/mol. The van der Waals surface area contributed by atoms with Gasteiger partial charge in [-0.3, -0.25) is 4.72 Å². The van der Waals surface area contributed by atoms with Crippen LogP contribution in [0.3, 0.4) is 0 Å². The topological polar surface area (TPSA) is 101 Å². The van der Waals surface area contributed by atoms with E-state index < -0.39 is 10.0 Å². The van der Waals surface area contributed by atoms with Gasteiger partial charge < -0.3 is 5.32 Å². The Morgan fingerprint density at radius 2 is 1.59 bits per heavy atom. The van der Waals surface area contributed by atoms with Crippen molar-refractivity contribution < 1.29 is 8.42 Å². The summed E-state index contributed by atoms with van der Waals surface area (Å²) in [6, 6.07) is 21.6. The Kier molecular flexibility index (Phi) is 5.68. The first-order valence-corrected chi connectivity index (χ1v) is 11.0. The van der Waals surface area contributed by atoms with Crippen molar-refractivity contribution in [2.75, 3.05) is 10.0 Å². The molecule has 0 radical (unpaired) electrons. The molecule has 2 heterocycles. The van der Waals surface area contributed by atoms with Crippen LogP contribution in [0.1, 0.15) is 5.69 Å². The molecule has 0 aliphatic rings. The van der Waals surface area contributed by atoms with Crippen LogP contribution < -0.4 is 10.0 Å². The van der Waals surface area contributed by atoms with Crippen molar-refractivity contribution in [3.05, 3.63) is 84.8 Å². The molecule has 3 aromatic carbocycles. The molecule has 8 nitrogen and oxygen atoms in total. The average molecular weight is 467 g/mol. The molecule has 5 aromatic rings.